The standard InChI is InChI=1S/C19H18ClN3O2.C6H3ClFNO2/c20-18-12-17(23(24)25)4-5-19(18)22-8-6-14(7-9-22)10-15-2-1-3-16(11-15)13-21;7-5-3-4(9(10)11)1-2-6(5)8/h1-5,11-12,14H,6-10H2;1-3H. The van der Waals surface area contributed by atoms with Crippen molar-refractivity contribution in [3.05, 3.63) is 108 Å². The number of non-ortho nitro benzene ring substituents is 2. The van der Waals surface area contributed by atoms with Gasteiger partial charge >= 0.3 is 0 Å². The molecule has 36 heavy (non-hydrogen) atoms. The molecule has 1 aliphatic heterocycles. The number of benzene rings is 3. The second kappa shape index (κ2) is 12.3. The summed E-state index contributed by atoms with van der Waals surface area (Å²) in [5, 5.41) is 30.1. The molecule has 0 N–H and O–H groups in total. The number of hydrogen-bond acceptors (Lipinski definition) is 6. The third-order valence-electron chi connectivity index (χ3n) is 5.79. The minimum absolute atomic E-state index is 0.0148. The van der Waals surface area contributed by atoms with Gasteiger partial charge in [0.25, 0.3) is 11.4 Å². The summed E-state index contributed by atoms with van der Waals surface area (Å²) in [4.78, 5) is 22.0. The van der Waals surface area contributed by atoms with Crippen LogP contribution in [0.25, 0.3) is 0 Å². The number of nitrogens with zero attached hydrogens (tertiary/aromatic N) is 4. The van der Waals surface area contributed by atoms with E-state index in [4.69, 9.17) is 28.5 Å². The quantitative estimate of drug-likeness (QED) is 0.260. The largest absolute Gasteiger partial charge is 0.370 e. The third-order valence-corrected chi connectivity index (χ3v) is 6.38. The van der Waals surface area contributed by atoms with E-state index < -0.39 is 15.7 Å². The second-order valence-corrected chi connectivity index (χ2v) is 9.01. The first kappa shape index (κ1) is 26.9. The lowest BCUT2D eigenvalue weighted by Gasteiger charge is -2.34. The van der Waals surface area contributed by atoms with Crippen LogP contribution in [-0.4, -0.2) is 22.9 Å². The maximum Gasteiger partial charge on any atom is 0.271 e. The van der Waals surface area contributed by atoms with Crippen molar-refractivity contribution in [2.24, 2.45) is 5.92 Å². The van der Waals surface area contributed by atoms with Gasteiger partial charge in [0.1, 0.15) is 5.82 Å². The van der Waals surface area contributed by atoms with Crippen molar-refractivity contribution < 1.29 is 14.2 Å². The smallest absolute Gasteiger partial charge is 0.271 e. The maximum atomic E-state index is 12.4. The number of halogens is 3. The van der Waals surface area contributed by atoms with E-state index in [9.17, 15) is 24.6 Å². The van der Waals surface area contributed by atoms with Gasteiger partial charge in [-0.25, -0.2) is 4.39 Å². The summed E-state index contributed by atoms with van der Waals surface area (Å²) in [6.45, 7) is 1.75. The summed E-state index contributed by atoms with van der Waals surface area (Å²) in [5.74, 6) is -0.0840. The van der Waals surface area contributed by atoms with Gasteiger partial charge in [0.2, 0.25) is 0 Å². The Bertz CT molecular complexity index is 1310. The van der Waals surface area contributed by atoms with E-state index in [-0.39, 0.29) is 16.4 Å². The SMILES string of the molecule is N#Cc1cccc(CC2CCN(c3ccc([N+](=O)[O-])cc3Cl)CC2)c1.O=[N+]([O-])c1ccc(F)c(Cl)c1. The van der Waals surface area contributed by atoms with Crippen LogP contribution in [-0.2, 0) is 6.42 Å². The lowest BCUT2D eigenvalue weighted by molar-refractivity contribution is -0.385. The third kappa shape index (κ3) is 7.13. The van der Waals surface area contributed by atoms with Crippen LogP contribution in [0, 0.1) is 43.3 Å². The highest BCUT2D eigenvalue weighted by atomic mass is 35.5. The monoisotopic (exact) mass is 530 g/mol. The van der Waals surface area contributed by atoms with Crippen molar-refractivity contribution >= 4 is 40.3 Å². The summed E-state index contributed by atoms with van der Waals surface area (Å²) in [5.41, 5.74) is 2.56. The lowest BCUT2D eigenvalue weighted by Crippen LogP contribution is -2.34. The van der Waals surface area contributed by atoms with Crippen molar-refractivity contribution in [1.29, 1.82) is 5.26 Å². The zero-order valence-electron chi connectivity index (χ0n) is 18.9. The van der Waals surface area contributed by atoms with Gasteiger partial charge in [-0.2, -0.15) is 5.26 Å². The van der Waals surface area contributed by atoms with Gasteiger partial charge in [-0.15, -0.1) is 0 Å². The van der Waals surface area contributed by atoms with Crippen LogP contribution in [0.4, 0.5) is 21.5 Å². The lowest BCUT2D eigenvalue weighted by atomic mass is 9.89. The summed E-state index contributed by atoms with van der Waals surface area (Å²) in [6.07, 6.45) is 3.03. The zero-order chi connectivity index (χ0) is 26.2. The van der Waals surface area contributed by atoms with E-state index in [2.05, 4.69) is 17.0 Å². The number of nitriles is 1. The van der Waals surface area contributed by atoms with Gasteiger partial charge in [-0.05, 0) is 55.0 Å². The molecule has 0 atom stereocenters. The summed E-state index contributed by atoms with van der Waals surface area (Å²) >= 11 is 11.5. The van der Waals surface area contributed by atoms with Gasteiger partial charge in [0.05, 0.1) is 37.2 Å². The molecule has 0 unspecified atom stereocenters. The molecule has 1 aliphatic rings. The van der Waals surface area contributed by atoms with Crippen molar-refractivity contribution in [3.8, 4) is 6.07 Å². The van der Waals surface area contributed by atoms with Crippen molar-refractivity contribution in [2.45, 2.75) is 19.3 Å². The molecule has 0 spiro atoms. The van der Waals surface area contributed by atoms with Gasteiger partial charge < -0.3 is 4.90 Å². The maximum absolute atomic E-state index is 12.4. The van der Waals surface area contributed by atoms with E-state index in [1.165, 1.54) is 17.7 Å². The highest BCUT2D eigenvalue weighted by Crippen LogP contribution is 2.33. The van der Waals surface area contributed by atoms with E-state index in [1.54, 1.807) is 6.07 Å². The number of piperidine rings is 1. The van der Waals surface area contributed by atoms with Crippen LogP contribution in [0.1, 0.15) is 24.0 Å². The highest BCUT2D eigenvalue weighted by molar-refractivity contribution is 6.33. The van der Waals surface area contributed by atoms with Crippen LogP contribution in [0.3, 0.4) is 0 Å². The molecule has 0 bridgehead atoms. The van der Waals surface area contributed by atoms with Crippen LogP contribution < -0.4 is 4.90 Å². The Morgan fingerprint density at radius 1 is 0.944 bits per heavy atom. The predicted molar refractivity (Wildman–Crippen MR) is 136 cm³/mol. The summed E-state index contributed by atoms with van der Waals surface area (Å²) in [6, 6.07) is 17.6. The first-order chi connectivity index (χ1) is 17.2. The van der Waals surface area contributed by atoms with Gasteiger partial charge in [-0.3, -0.25) is 20.2 Å². The Morgan fingerprint density at radius 3 is 2.11 bits per heavy atom. The van der Waals surface area contributed by atoms with Gasteiger partial charge in [0, 0.05) is 37.4 Å². The molecule has 11 heteroatoms. The first-order valence-electron chi connectivity index (χ1n) is 10.9. The van der Waals surface area contributed by atoms with Crippen molar-refractivity contribution in [1.82, 2.24) is 0 Å². The van der Waals surface area contributed by atoms with E-state index in [1.807, 2.05) is 18.2 Å². The van der Waals surface area contributed by atoms with Gasteiger partial charge in [-0.1, -0.05) is 35.3 Å². The Labute approximate surface area is 216 Å². The Kier molecular flexibility index (Phi) is 9.17. The number of rotatable bonds is 5. The minimum Gasteiger partial charge on any atom is -0.370 e. The van der Waals surface area contributed by atoms with Crippen LogP contribution in [0.2, 0.25) is 10.0 Å². The molecule has 186 valence electrons. The van der Waals surface area contributed by atoms with Crippen LogP contribution in [0.15, 0.2) is 60.7 Å². The molecule has 4 rings (SSSR count). The fraction of sp³-hybridized carbons (Fsp3) is 0.240. The molecule has 3 aromatic carbocycles. The molecule has 0 aromatic heterocycles. The normalized spacial score (nSPS) is 13.3. The molecule has 1 fully saturated rings. The number of hydrogen-bond donors (Lipinski definition) is 0. The Hall–Kier alpha value is -3.74. The Balaban J connectivity index is 0.000000275. The van der Waals surface area contributed by atoms with E-state index in [0.29, 0.717) is 16.5 Å². The van der Waals surface area contributed by atoms with Crippen molar-refractivity contribution in [2.75, 3.05) is 18.0 Å². The molecular weight excluding hydrogens is 510 g/mol. The first-order valence-corrected chi connectivity index (χ1v) is 11.7. The zero-order valence-corrected chi connectivity index (χ0v) is 20.5. The van der Waals surface area contributed by atoms with E-state index >= 15 is 0 Å². The number of nitro benzene ring substituents is 2. The predicted octanol–water partition coefficient (Wildman–Crippen LogP) is 6.97. The number of nitro groups is 2. The summed E-state index contributed by atoms with van der Waals surface area (Å²) < 4.78 is 12.4. The van der Waals surface area contributed by atoms with Gasteiger partial charge in [0.15, 0.2) is 0 Å². The molecule has 8 nitrogen and oxygen atoms in total. The highest BCUT2D eigenvalue weighted by Gasteiger charge is 2.22. The van der Waals surface area contributed by atoms with Crippen molar-refractivity contribution in [3.63, 3.8) is 0 Å². The molecule has 0 aliphatic carbocycles. The molecule has 3 aromatic rings. The molecule has 0 saturated carbocycles. The fourth-order valence-electron chi connectivity index (χ4n) is 3.94. The topological polar surface area (TPSA) is 113 Å². The Morgan fingerprint density at radius 2 is 1.56 bits per heavy atom. The number of anilines is 1. The molecular formula is C25H21Cl2FN4O4. The molecule has 0 amide bonds. The second-order valence-electron chi connectivity index (χ2n) is 8.20. The minimum atomic E-state index is -0.655. The summed E-state index contributed by atoms with van der Waals surface area (Å²) in [7, 11) is 0. The van der Waals surface area contributed by atoms with E-state index in [0.717, 1.165) is 56.2 Å². The van der Waals surface area contributed by atoms with Crippen LogP contribution >= 0.6 is 23.2 Å². The molecule has 0 radical (unpaired) electrons. The molecule has 1 saturated heterocycles. The molecule has 1 heterocycles. The average Bonchev–Trinajstić information content (AvgIpc) is 2.86. The average molecular weight is 531 g/mol. The fourth-order valence-corrected chi connectivity index (χ4v) is 4.41. The van der Waals surface area contributed by atoms with Crippen LogP contribution in [0.5, 0.6) is 0 Å².